The predicted octanol–water partition coefficient (Wildman–Crippen LogP) is 1.51. The molecular formula is C12H22N2O. The number of rotatable bonds is 1. The fourth-order valence-corrected chi connectivity index (χ4v) is 1.85. The molecule has 1 saturated heterocycles. The van der Waals surface area contributed by atoms with E-state index in [1.54, 1.807) is 12.2 Å². The van der Waals surface area contributed by atoms with Crippen molar-refractivity contribution in [2.24, 2.45) is 0 Å². The molecule has 0 aromatic rings. The molecule has 0 atom stereocenters. The quantitative estimate of drug-likeness (QED) is 0.612. The molecule has 0 unspecified atom stereocenters. The van der Waals surface area contributed by atoms with Crippen LogP contribution < -0.4 is 0 Å². The van der Waals surface area contributed by atoms with Gasteiger partial charge in [-0.15, -0.1) is 0 Å². The number of carbonyl (C=O) groups is 1. The van der Waals surface area contributed by atoms with Gasteiger partial charge in [-0.2, -0.15) is 0 Å². The summed E-state index contributed by atoms with van der Waals surface area (Å²) in [5.74, 6) is 0.144. The van der Waals surface area contributed by atoms with Crippen LogP contribution in [0.15, 0.2) is 12.2 Å². The van der Waals surface area contributed by atoms with E-state index in [4.69, 9.17) is 0 Å². The minimum absolute atomic E-state index is 0.144. The molecule has 0 saturated carbocycles. The predicted molar refractivity (Wildman–Crippen MR) is 62.7 cm³/mol. The second-order valence-corrected chi connectivity index (χ2v) is 4.98. The Labute approximate surface area is 92.7 Å². The molecule has 0 spiro atoms. The first-order valence-corrected chi connectivity index (χ1v) is 5.62. The van der Waals surface area contributed by atoms with Gasteiger partial charge in [-0.05, 0) is 33.8 Å². The monoisotopic (exact) mass is 210 g/mol. The zero-order valence-electron chi connectivity index (χ0n) is 10.3. The Morgan fingerprint density at radius 2 is 1.67 bits per heavy atom. The van der Waals surface area contributed by atoms with E-state index in [-0.39, 0.29) is 11.4 Å². The van der Waals surface area contributed by atoms with Crippen LogP contribution in [-0.4, -0.2) is 47.4 Å². The average molecular weight is 210 g/mol. The van der Waals surface area contributed by atoms with E-state index in [9.17, 15) is 4.79 Å². The van der Waals surface area contributed by atoms with Crippen LogP contribution >= 0.6 is 0 Å². The SMILES string of the molecule is CC=CC(=O)N1CCN(C(C)(C)C)CC1. The standard InChI is InChI=1S/C12H22N2O/c1-5-6-11(15)13-7-9-14(10-8-13)12(2,3)4/h5-6H,7-10H2,1-4H3. The summed E-state index contributed by atoms with van der Waals surface area (Å²) in [4.78, 5) is 15.9. The Kier molecular flexibility index (Phi) is 3.91. The van der Waals surface area contributed by atoms with E-state index in [0.717, 1.165) is 26.2 Å². The van der Waals surface area contributed by atoms with Gasteiger partial charge in [0.25, 0.3) is 0 Å². The van der Waals surface area contributed by atoms with Gasteiger partial charge in [0, 0.05) is 31.7 Å². The van der Waals surface area contributed by atoms with Crippen LogP contribution in [-0.2, 0) is 4.79 Å². The van der Waals surface area contributed by atoms with Crippen LogP contribution in [0.3, 0.4) is 0 Å². The zero-order valence-corrected chi connectivity index (χ0v) is 10.3. The molecule has 0 radical (unpaired) electrons. The highest BCUT2D eigenvalue weighted by Crippen LogP contribution is 2.15. The van der Waals surface area contributed by atoms with Crippen LogP contribution in [0.25, 0.3) is 0 Å². The molecular weight excluding hydrogens is 188 g/mol. The summed E-state index contributed by atoms with van der Waals surface area (Å²) in [5.41, 5.74) is 0.218. The molecule has 0 N–H and O–H groups in total. The number of amides is 1. The van der Waals surface area contributed by atoms with Crippen LogP contribution in [0, 0.1) is 0 Å². The minimum atomic E-state index is 0.144. The molecule has 1 aliphatic rings. The molecule has 1 aliphatic heterocycles. The molecule has 1 rings (SSSR count). The summed E-state index contributed by atoms with van der Waals surface area (Å²) < 4.78 is 0. The maximum atomic E-state index is 11.6. The molecule has 0 aromatic heterocycles. The maximum absolute atomic E-state index is 11.6. The molecule has 1 fully saturated rings. The van der Waals surface area contributed by atoms with Crippen LogP contribution in [0.5, 0.6) is 0 Å². The molecule has 1 amide bonds. The first-order valence-electron chi connectivity index (χ1n) is 5.62. The maximum Gasteiger partial charge on any atom is 0.246 e. The van der Waals surface area contributed by atoms with Crippen LogP contribution in [0.2, 0.25) is 0 Å². The molecule has 0 aliphatic carbocycles. The normalized spacial score (nSPS) is 19.9. The first kappa shape index (κ1) is 12.2. The van der Waals surface area contributed by atoms with Crippen molar-refractivity contribution in [3.05, 3.63) is 12.2 Å². The Hall–Kier alpha value is -0.830. The van der Waals surface area contributed by atoms with Gasteiger partial charge in [-0.1, -0.05) is 6.08 Å². The Balaban J connectivity index is 2.46. The molecule has 86 valence electrons. The number of hydrogen-bond donors (Lipinski definition) is 0. The van der Waals surface area contributed by atoms with E-state index in [1.807, 2.05) is 11.8 Å². The van der Waals surface area contributed by atoms with Crippen molar-refractivity contribution < 1.29 is 4.79 Å². The Bertz CT molecular complexity index is 245. The number of piperazine rings is 1. The smallest absolute Gasteiger partial charge is 0.246 e. The Morgan fingerprint density at radius 3 is 2.07 bits per heavy atom. The zero-order chi connectivity index (χ0) is 11.5. The van der Waals surface area contributed by atoms with Gasteiger partial charge in [0.05, 0.1) is 0 Å². The average Bonchev–Trinajstić information content (AvgIpc) is 2.17. The fraction of sp³-hybridized carbons (Fsp3) is 0.750. The third-order valence-electron chi connectivity index (χ3n) is 2.85. The number of allylic oxidation sites excluding steroid dienone is 1. The van der Waals surface area contributed by atoms with Crippen molar-refractivity contribution in [1.29, 1.82) is 0 Å². The van der Waals surface area contributed by atoms with Crippen molar-refractivity contribution in [3.63, 3.8) is 0 Å². The molecule has 0 aromatic carbocycles. The summed E-state index contributed by atoms with van der Waals surface area (Å²) in [6.45, 7) is 12.2. The second-order valence-electron chi connectivity index (χ2n) is 4.98. The van der Waals surface area contributed by atoms with Crippen LogP contribution in [0.4, 0.5) is 0 Å². The van der Waals surface area contributed by atoms with Gasteiger partial charge in [-0.3, -0.25) is 9.69 Å². The molecule has 3 heteroatoms. The molecule has 0 bridgehead atoms. The number of carbonyl (C=O) groups excluding carboxylic acids is 1. The second kappa shape index (κ2) is 4.79. The highest BCUT2D eigenvalue weighted by atomic mass is 16.2. The Morgan fingerprint density at radius 1 is 1.13 bits per heavy atom. The van der Waals surface area contributed by atoms with E-state index >= 15 is 0 Å². The minimum Gasteiger partial charge on any atom is -0.337 e. The lowest BCUT2D eigenvalue weighted by Gasteiger charge is -2.42. The van der Waals surface area contributed by atoms with Gasteiger partial charge < -0.3 is 4.90 Å². The van der Waals surface area contributed by atoms with Gasteiger partial charge in [0.15, 0.2) is 0 Å². The van der Waals surface area contributed by atoms with Crippen molar-refractivity contribution in [3.8, 4) is 0 Å². The van der Waals surface area contributed by atoms with E-state index in [1.165, 1.54) is 0 Å². The lowest BCUT2D eigenvalue weighted by molar-refractivity contribution is -0.128. The lowest BCUT2D eigenvalue weighted by Crippen LogP contribution is -2.54. The van der Waals surface area contributed by atoms with Gasteiger partial charge >= 0.3 is 0 Å². The van der Waals surface area contributed by atoms with Crippen molar-refractivity contribution >= 4 is 5.91 Å². The fourth-order valence-electron chi connectivity index (χ4n) is 1.85. The van der Waals surface area contributed by atoms with Gasteiger partial charge in [-0.25, -0.2) is 0 Å². The van der Waals surface area contributed by atoms with E-state index in [0.29, 0.717) is 0 Å². The number of hydrogen-bond acceptors (Lipinski definition) is 2. The van der Waals surface area contributed by atoms with Crippen LogP contribution in [0.1, 0.15) is 27.7 Å². The summed E-state index contributed by atoms with van der Waals surface area (Å²) in [5, 5.41) is 0. The molecule has 15 heavy (non-hydrogen) atoms. The first-order chi connectivity index (χ1) is 6.95. The summed E-state index contributed by atoms with van der Waals surface area (Å²) >= 11 is 0. The highest BCUT2D eigenvalue weighted by molar-refractivity contribution is 5.87. The summed E-state index contributed by atoms with van der Waals surface area (Å²) in [7, 11) is 0. The summed E-state index contributed by atoms with van der Waals surface area (Å²) in [6.07, 6.45) is 3.45. The third-order valence-corrected chi connectivity index (χ3v) is 2.85. The van der Waals surface area contributed by atoms with E-state index < -0.39 is 0 Å². The highest BCUT2D eigenvalue weighted by Gasteiger charge is 2.26. The largest absolute Gasteiger partial charge is 0.337 e. The summed E-state index contributed by atoms with van der Waals surface area (Å²) in [6, 6.07) is 0. The van der Waals surface area contributed by atoms with Crippen molar-refractivity contribution in [1.82, 2.24) is 9.80 Å². The van der Waals surface area contributed by atoms with E-state index in [2.05, 4.69) is 25.7 Å². The topological polar surface area (TPSA) is 23.6 Å². The van der Waals surface area contributed by atoms with Gasteiger partial charge in [0.2, 0.25) is 5.91 Å². The van der Waals surface area contributed by atoms with Crippen molar-refractivity contribution in [2.75, 3.05) is 26.2 Å². The number of nitrogens with zero attached hydrogens (tertiary/aromatic N) is 2. The van der Waals surface area contributed by atoms with Crippen molar-refractivity contribution in [2.45, 2.75) is 33.2 Å². The van der Waals surface area contributed by atoms with Gasteiger partial charge in [0.1, 0.15) is 0 Å². The molecule has 1 heterocycles. The molecule has 3 nitrogen and oxygen atoms in total. The third kappa shape index (κ3) is 3.34. The lowest BCUT2D eigenvalue weighted by atomic mass is 10.0.